The molecule has 0 radical (unpaired) electrons. The van der Waals surface area contributed by atoms with E-state index in [-0.39, 0.29) is 0 Å². The Labute approximate surface area is 179 Å². The molecule has 0 atom stereocenters. The van der Waals surface area contributed by atoms with Crippen LogP contribution in [0.4, 0.5) is 0 Å². The molecule has 0 unspecified atom stereocenters. The lowest BCUT2D eigenvalue weighted by Gasteiger charge is -2.16. The second-order valence-corrected chi connectivity index (χ2v) is 7.22. The maximum Gasteiger partial charge on any atom is 0.335 e. The Morgan fingerprint density at radius 3 is 2.43 bits per heavy atom. The number of aromatic nitrogens is 1. The Balaban J connectivity index is 2.25. The van der Waals surface area contributed by atoms with Crippen LogP contribution in [0.25, 0.3) is 22.4 Å². The fourth-order valence-corrected chi connectivity index (χ4v) is 3.90. The van der Waals surface area contributed by atoms with Crippen LogP contribution in [0, 0.1) is 0 Å². The molecule has 1 aromatic heterocycles. The van der Waals surface area contributed by atoms with Gasteiger partial charge in [-0.3, -0.25) is 0 Å². The van der Waals surface area contributed by atoms with E-state index in [1.807, 2.05) is 25.1 Å². The lowest BCUT2D eigenvalue weighted by atomic mass is 10.0. The van der Waals surface area contributed by atoms with Crippen LogP contribution in [-0.4, -0.2) is 15.6 Å². The monoisotopic (exact) mass is 399 g/mol. The van der Waals surface area contributed by atoms with E-state index in [2.05, 4.69) is 67.0 Å². The van der Waals surface area contributed by atoms with Crippen molar-refractivity contribution in [3.8, 4) is 16.8 Å². The van der Waals surface area contributed by atoms with E-state index in [0.717, 1.165) is 30.6 Å². The number of allylic oxidation sites excluding steroid dienone is 4. The van der Waals surface area contributed by atoms with Gasteiger partial charge in [0.1, 0.15) is 0 Å². The molecule has 0 aliphatic rings. The van der Waals surface area contributed by atoms with Crippen molar-refractivity contribution in [1.82, 2.24) is 4.57 Å². The molecule has 3 aromatic rings. The minimum Gasteiger partial charge on any atom is -0.478 e. The Morgan fingerprint density at radius 1 is 1.03 bits per heavy atom. The molecule has 30 heavy (non-hydrogen) atoms. The predicted octanol–water partition coefficient (Wildman–Crippen LogP) is 7.16. The number of rotatable bonds is 8. The molecule has 0 aliphatic heterocycles. The molecule has 0 bridgehead atoms. The van der Waals surface area contributed by atoms with Crippen LogP contribution in [0.15, 0.2) is 78.9 Å². The molecular weight excluding hydrogens is 370 g/mol. The standard InChI is InChI=1S/C27H29NO2/c1-4-7-9-13-20(5-2)26-19-24(21-14-10-8-11-15-21)25(6-3)28(26)23-17-12-16-22(18-23)27(29)30/h4-5,7-8,10-12,14-19H,6,9,13H2,1-3H3,(H,29,30)/b7-4-,20-5+. The van der Waals surface area contributed by atoms with Crippen LogP contribution in [0.2, 0.25) is 0 Å². The van der Waals surface area contributed by atoms with Crippen molar-refractivity contribution in [2.45, 2.75) is 40.0 Å². The SMILES string of the molecule is C/C=C\CC/C(=C\C)c1cc(-c2ccccc2)c(CC)n1-c1cccc(C(=O)O)c1. The van der Waals surface area contributed by atoms with Gasteiger partial charge in [0, 0.05) is 22.6 Å². The van der Waals surface area contributed by atoms with E-state index in [4.69, 9.17) is 0 Å². The van der Waals surface area contributed by atoms with Gasteiger partial charge in [-0.15, -0.1) is 0 Å². The highest BCUT2D eigenvalue weighted by atomic mass is 16.4. The number of carbonyl (C=O) groups is 1. The highest BCUT2D eigenvalue weighted by molar-refractivity contribution is 5.88. The summed E-state index contributed by atoms with van der Waals surface area (Å²) in [5.41, 5.74) is 7.11. The molecule has 0 saturated heterocycles. The molecule has 0 aliphatic carbocycles. The number of carboxylic acids is 1. The zero-order chi connectivity index (χ0) is 21.5. The first kappa shape index (κ1) is 21.4. The van der Waals surface area contributed by atoms with E-state index >= 15 is 0 Å². The van der Waals surface area contributed by atoms with Crippen LogP contribution in [0.3, 0.4) is 0 Å². The average Bonchev–Trinajstić information content (AvgIpc) is 3.17. The zero-order valence-corrected chi connectivity index (χ0v) is 17.9. The highest BCUT2D eigenvalue weighted by Crippen LogP contribution is 2.35. The zero-order valence-electron chi connectivity index (χ0n) is 17.9. The maximum atomic E-state index is 11.6. The summed E-state index contributed by atoms with van der Waals surface area (Å²) in [6, 6.07) is 19.9. The molecule has 3 rings (SSSR count). The third kappa shape index (κ3) is 4.46. The lowest BCUT2D eigenvalue weighted by molar-refractivity contribution is 0.0697. The van der Waals surface area contributed by atoms with Gasteiger partial charge >= 0.3 is 5.97 Å². The van der Waals surface area contributed by atoms with Gasteiger partial charge in [-0.05, 0) is 68.5 Å². The predicted molar refractivity (Wildman–Crippen MR) is 125 cm³/mol. The van der Waals surface area contributed by atoms with Crippen molar-refractivity contribution >= 4 is 11.5 Å². The first-order valence-electron chi connectivity index (χ1n) is 10.5. The van der Waals surface area contributed by atoms with Gasteiger partial charge in [-0.2, -0.15) is 0 Å². The Hall–Kier alpha value is -3.33. The number of benzene rings is 2. The minimum atomic E-state index is -0.911. The summed E-state index contributed by atoms with van der Waals surface area (Å²) in [4.78, 5) is 11.6. The number of hydrogen-bond donors (Lipinski definition) is 1. The molecule has 1 heterocycles. The first-order valence-corrected chi connectivity index (χ1v) is 10.5. The van der Waals surface area contributed by atoms with Crippen molar-refractivity contribution in [1.29, 1.82) is 0 Å². The molecule has 0 amide bonds. The van der Waals surface area contributed by atoms with Gasteiger partial charge in [0.15, 0.2) is 0 Å². The summed E-state index contributed by atoms with van der Waals surface area (Å²) >= 11 is 0. The van der Waals surface area contributed by atoms with E-state index < -0.39 is 5.97 Å². The van der Waals surface area contributed by atoms with Gasteiger partial charge < -0.3 is 9.67 Å². The molecule has 3 nitrogen and oxygen atoms in total. The van der Waals surface area contributed by atoms with Crippen LogP contribution >= 0.6 is 0 Å². The summed E-state index contributed by atoms with van der Waals surface area (Å²) in [7, 11) is 0. The summed E-state index contributed by atoms with van der Waals surface area (Å²) in [6.07, 6.45) is 9.17. The van der Waals surface area contributed by atoms with E-state index in [9.17, 15) is 9.90 Å². The second kappa shape index (κ2) is 9.93. The Kier molecular flexibility index (Phi) is 7.08. The normalized spacial score (nSPS) is 11.9. The summed E-state index contributed by atoms with van der Waals surface area (Å²) in [5, 5.41) is 9.51. The van der Waals surface area contributed by atoms with Gasteiger partial charge in [0.25, 0.3) is 0 Å². The molecule has 1 N–H and O–H groups in total. The minimum absolute atomic E-state index is 0.298. The number of aromatic carboxylic acids is 1. The second-order valence-electron chi connectivity index (χ2n) is 7.22. The quantitative estimate of drug-likeness (QED) is 0.408. The fraction of sp³-hybridized carbons (Fsp3) is 0.222. The van der Waals surface area contributed by atoms with Gasteiger partial charge in [-0.1, -0.05) is 61.5 Å². The van der Waals surface area contributed by atoms with E-state index in [1.165, 1.54) is 22.4 Å². The number of nitrogens with zero attached hydrogens (tertiary/aromatic N) is 1. The van der Waals surface area contributed by atoms with Crippen molar-refractivity contribution in [3.05, 3.63) is 95.8 Å². The molecular formula is C27H29NO2. The van der Waals surface area contributed by atoms with E-state index in [0.29, 0.717) is 5.56 Å². The summed E-state index contributed by atoms with van der Waals surface area (Å²) in [6.45, 7) is 6.26. The van der Waals surface area contributed by atoms with Crippen LogP contribution in [-0.2, 0) is 6.42 Å². The largest absolute Gasteiger partial charge is 0.478 e. The van der Waals surface area contributed by atoms with E-state index in [1.54, 1.807) is 12.1 Å². The molecule has 0 fully saturated rings. The topological polar surface area (TPSA) is 42.2 Å². The van der Waals surface area contributed by atoms with Gasteiger partial charge in [0.05, 0.1) is 5.56 Å². The average molecular weight is 400 g/mol. The molecule has 0 spiro atoms. The number of hydrogen-bond acceptors (Lipinski definition) is 1. The van der Waals surface area contributed by atoms with Crippen LogP contribution < -0.4 is 0 Å². The smallest absolute Gasteiger partial charge is 0.335 e. The van der Waals surface area contributed by atoms with Gasteiger partial charge in [0.2, 0.25) is 0 Å². The first-order chi connectivity index (χ1) is 14.6. The lowest BCUT2D eigenvalue weighted by Crippen LogP contribution is -2.06. The molecule has 3 heteroatoms. The van der Waals surface area contributed by atoms with Crippen LogP contribution in [0.1, 0.15) is 55.4 Å². The van der Waals surface area contributed by atoms with Crippen molar-refractivity contribution in [3.63, 3.8) is 0 Å². The van der Waals surface area contributed by atoms with Crippen LogP contribution in [0.5, 0.6) is 0 Å². The Bertz CT molecular complexity index is 1070. The number of carboxylic acid groups (broad SMARTS) is 1. The van der Waals surface area contributed by atoms with Crippen molar-refractivity contribution < 1.29 is 9.90 Å². The molecule has 154 valence electrons. The third-order valence-electron chi connectivity index (χ3n) is 5.37. The fourth-order valence-electron chi connectivity index (χ4n) is 3.90. The molecule has 0 saturated carbocycles. The highest BCUT2D eigenvalue weighted by Gasteiger charge is 2.19. The molecule has 2 aromatic carbocycles. The summed E-state index contributed by atoms with van der Waals surface area (Å²) < 4.78 is 2.24. The van der Waals surface area contributed by atoms with Crippen molar-refractivity contribution in [2.24, 2.45) is 0 Å². The van der Waals surface area contributed by atoms with Gasteiger partial charge in [-0.25, -0.2) is 4.79 Å². The summed E-state index contributed by atoms with van der Waals surface area (Å²) in [5.74, 6) is -0.911. The van der Waals surface area contributed by atoms with Crippen molar-refractivity contribution in [2.75, 3.05) is 0 Å². The Morgan fingerprint density at radius 2 is 1.80 bits per heavy atom. The third-order valence-corrected chi connectivity index (χ3v) is 5.37. The maximum absolute atomic E-state index is 11.6.